The number of amides is 3. The summed E-state index contributed by atoms with van der Waals surface area (Å²) in [6.07, 6.45) is -0.332. The number of alkyl halides is 5. The second-order valence-electron chi connectivity index (χ2n) is 21.3. The number of carbonyl (C=O) groups excluding carboxylic acids is 4. The number of methoxy groups -OCH3 is 1. The molecule has 1 unspecified atom stereocenters. The van der Waals surface area contributed by atoms with E-state index < -0.39 is 39.7 Å². The molecular formula is C61H90F5N5O11S. The predicted octanol–water partition coefficient (Wildman–Crippen LogP) is 12.6. The van der Waals surface area contributed by atoms with Gasteiger partial charge in [-0.1, -0.05) is 82.6 Å². The van der Waals surface area contributed by atoms with E-state index in [-0.39, 0.29) is 46.7 Å². The number of pyridine rings is 1. The first-order chi connectivity index (χ1) is 38.7. The number of aromatic nitrogens is 1. The molecule has 2 heterocycles. The van der Waals surface area contributed by atoms with Crippen LogP contribution >= 0.6 is 0 Å². The largest absolute Gasteiger partial charge is 0.472 e. The third-order valence-electron chi connectivity index (χ3n) is 11.4. The molecule has 22 heteroatoms. The van der Waals surface area contributed by atoms with Gasteiger partial charge < -0.3 is 34.3 Å². The molecule has 1 aromatic heterocycles. The lowest BCUT2D eigenvalue weighted by atomic mass is 9.98. The molecule has 83 heavy (non-hydrogen) atoms. The Morgan fingerprint density at radius 2 is 1.37 bits per heavy atom. The van der Waals surface area contributed by atoms with Gasteiger partial charge in [-0.05, 0) is 128 Å². The SMILES string of the molecule is CC(C)OC(=O)c1ccccc1-c1ccc(C(F)(F)F)cc1.CC(C)OCC(C)Oc1ccc(C(C)(F)F)cn1.CCC(=O)NCC(C)C.COC(=O)CCN(CC(C)C)C1CCOCC1.Cc1ccc(S(=O)(=O)NC(=O)NC(C)C)cc1. The first-order valence-corrected chi connectivity index (χ1v) is 29.3. The van der Waals surface area contributed by atoms with Crippen LogP contribution in [0.5, 0.6) is 5.88 Å². The van der Waals surface area contributed by atoms with Crippen LogP contribution in [-0.4, -0.2) is 119 Å². The smallest absolute Gasteiger partial charge is 0.416 e. The molecule has 1 fully saturated rings. The Hall–Kier alpha value is -6.23. The van der Waals surface area contributed by atoms with Crippen LogP contribution in [0.3, 0.4) is 0 Å². The lowest BCUT2D eigenvalue weighted by Crippen LogP contribution is -2.42. The maximum atomic E-state index is 13.0. The molecule has 0 radical (unpaired) electrons. The molecule has 3 N–H and O–H groups in total. The number of hydrogen-bond donors (Lipinski definition) is 3. The van der Waals surface area contributed by atoms with Crippen molar-refractivity contribution in [3.8, 4) is 17.0 Å². The van der Waals surface area contributed by atoms with E-state index in [9.17, 15) is 49.5 Å². The van der Waals surface area contributed by atoms with Gasteiger partial charge in [0.25, 0.3) is 15.9 Å². The standard InChI is InChI=1S/C17H15F3O2.C13H19F2NO2.C13H25NO3.C11H16N2O3S.C7H15NO/c1-11(2)22-16(21)15-6-4-3-5-14(15)12-7-9-13(10-8-12)17(18,19)20;1-9(2)17-8-10(3)18-12-6-5-11(7-16-12)13(4,14)15;1-11(2)10-14(7-4-13(15)16-3)12-5-8-17-9-6-12;1-8(2)12-11(14)13-17(15,16)10-6-4-9(3)5-7-10;1-4-7(9)8-5-6(2)3/h3-11H,1-2H3;5-7,9-10H,8H2,1-4H3;11-12H,4-10H2,1-3H3;4-8H,1-3H3,(H2,12,13,14);6H,4-5H2,1-3H3,(H,8,9). The minimum absolute atomic E-state index is 0.0713. The van der Waals surface area contributed by atoms with Crippen LogP contribution in [0.25, 0.3) is 11.1 Å². The van der Waals surface area contributed by atoms with E-state index in [1.165, 1.54) is 43.5 Å². The number of ether oxygens (including phenoxy) is 5. The van der Waals surface area contributed by atoms with Crippen molar-refractivity contribution in [2.24, 2.45) is 11.8 Å². The van der Waals surface area contributed by atoms with Crippen molar-refractivity contribution in [3.63, 3.8) is 0 Å². The van der Waals surface area contributed by atoms with E-state index in [1.54, 1.807) is 64.1 Å². The highest BCUT2D eigenvalue weighted by Gasteiger charge is 2.30. The van der Waals surface area contributed by atoms with E-state index in [1.807, 2.05) is 39.3 Å². The van der Waals surface area contributed by atoms with E-state index in [4.69, 9.17) is 23.7 Å². The highest BCUT2D eigenvalue weighted by molar-refractivity contribution is 7.90. The van der Waals surface area contributed by atoms with Gasteiger partial charge in [0.15, 0.2) is 0 Å². The van der Waals surface area contributed by atoms with Crippen molar-refractivity contribution in [2.75, 3.05) is 46.6 Å². The Balaban J connectivity index is 0.000000530. The monoisotopic (exact) mass is 1200 g/mol. The topological polar surface area (TPSA) is 201 Å². The number of rotatable bonds is 21. The first kappa shape index (κ1) is 74.8. The summed E-state index contributed by atoms with van der Waals surface area (Å²) >= 11 is 0. The van der Waals surface area contributed by atoms with Gasteiger partial charge in [-0.15, -0.1) is 0 Å². The Morgan fingerprint density at radius 3 is 1.86 bits per heavy atom. The van der Waals surface area contributed by atoms with Crippen molar-refractivity contribution in [2.45, 2.75) is 170 Å². The van der Waals surface area contributed by atoms with Gasteiger partial charge in [-0.2, -0.15) is 13.2 Å². The average molecular weight is 1200 g/mol. The number of halogens is 5. The summed E-state index contributed by atoms with van der Waals surface area (Å²) in [5.41, 5.74) is 1.51. The number of aryl methyl sites for hydroxylation is 1. The Kier molecular flexibility index (Phi) is 34.1. The summed E-state index contributed by atoms with van der Waals surface area (Å²) in [5.74, 6) is -1.85. The molecule has 5 rings (SSSR count). The van der Waals surface area contributed by atoms with Gasteiger partial charge in [0.1, 0.15) is 6.10 Å². The second kappa shape index (κ2) is 37.9. The summed E-state index contributed by atoms with van der Waals surface area (Å²) < 4.78 is 115. The van der Waals surface area contributed by atoms with Gasteiger partial charge in [0.05, 0.1) is 48.4 Å². The maximum Gasteiger partial charge on any atom is 0.416 e. The van der Waals surface area contributed by atoms with Crippen LogP contribution in [0.2, 0.25) is 0 Å². The fourth-order valence-electron chi connectivity index (χ4n) is 7.22. The van der Waals surface area contributed by atoms with E-state index >= 15 is 0 Å². The zero-order valence-electron chi connectivity index (χ0n) is 51.0. The molecule has 0 saturated carbocycles. The Labute approximate surface area is 489 Å². The van der Waals surface area contributed by atoms with Crippen LogP contribution in [0.4, 0.5) is 26.7 Å². The fraction of sp³-hybridized carbons (Fsp3) is 0.557. The fourth-order valence-corrected chi connectivity index (χ4v) is 8.13. The average Bonchev–Trinajstić information content (AvgIpc) is 3.63. The summed E-state index contributed by atoms with van der Waals surface area (Å²) in [5, 5.41) is 5.24. The van der Waals surface area contributed by atoms with Crippen LogP contribution in [-0.2, 0) is 50.7 Å². The predicted molar refractivity (Wildman–Crippen MR) is 313 cm³/mol. The van der Waals surface area contributed by atoms with Crippen LogP contribution < -0.4 is 20.1 Å². The zero-order chi connectivity index (χ0) is 63.1. The molecule has 3 aromatic carbocycles. The van der Waals surface area contributed by atoms with Crippen molar-refractivity contribution in [1.82, 2.24) is 25.2 Å². The van der Waals surface area contributed by atoms with Gasteiger partial charge in [0, 0.05) is 76.1 Å². The minimum atomic E-state index is -4.38. The summed E-state index contributed by atoms with van der Waals surface area (Å²) in [6.45, 7) is 30.6. The highest BCUT2D eigenvalue weighted by atomic mass is 32.2. The summed E-state index contributed by atoms with van der Waals surface area (Å²) in [4.78, 5) is 51.5. The molecule has 4 aromatic rings. The maximum absolute atomic E-state index is 13.0. The van der Waals surface area contributed by atoms with Gasteiger partial charge >= 0.3 is 24.1 Å². The Morgan fingerprint density at radius 1 is 0.783 bits per heavy atom. The van der Waals surface area contributed by atoms with Gasteiger partial charge in [-0.3, -0.25) is 14.5 Å². The molecule has 1 aliphatic rings. The normalized spacial score (nSPS) is 13.0. The van der Waals surface area contributed by atoms with E-state index in [0.717, 1.165) is 76.5 Å². The molecule has 0 spiro atoms. The van der Waals surface area contributed by atoms with Crippen LogP contribution in [0, 0.1) is 18.8 Å². The molecular weight excluding hydrogens is 1110 g/mol. The van der Waals surface area contributed by atoms with Crippen LogP contribution in [0.15, 0.2) is 96.0 Å². The summed E-state index contributed by atoms with van der Waals surface area (Å²) in [6, 6.07) is 20.1. The highest BCUT2D eigenvalue weighted by Crippen LogP contribution is 2.32. The second-order valence-corrected chi connectivity index (χ2v) is 23.0. The minimum Gasteiger partial charge on any atom is -0.472 e. The number of benzene rings is 3. The lowest BCUT2D eigenvalue weighted by molar-refractivity contribution is -0.141. The number of nitrogens with zero attached hydrogens (tertiary/aromatic N) is 2. The molecule has 1 atom stereocenters. The van der Waals surface area contributed by atoms with Crippen molar-refractivity contribution >= 4 is 33.9 Å². The first-order valence-electron chi connectivity index (χ1n) is 27.8. The van der Waals surface area contributed by atoms with Crippen LogP contribution in [0.1, 0.15) is 143 Å². The number of carbonyl (C=O) groups is 4. The zero-order valence-corrected chi connectivity index (χ0v) is 51.8. The quantitative estimate of drug-likeness (QED) is 0.0526. The number of urea groups is 1. The molecule has 466 valence electrons. The number of nitrogens with one attached hydrogen (secondary N) is 3. The summed E-state index contributed by atoms with van der Waals surface area (Å²) in [7, 11) is -2.34. The van der Waals surface area contributed by atoms with E-state index in [2.05, 4.69) is 48.2 Å². The molecule has 1 saturated heterocycles. The number of sulfonamides is 1. The molecule has 16 nitrogen and oxygen atoms in total. The van der Waals surface area contributed by atoms with Crippen molar-refractivity contribution in [3.05, 3.63) is 113 Å². The molecule has 0 aliphatic carbocycles. The number of esters is 2. The third kappa shape index (κ3) is 32.4. The van der Waals surface area contributed by atoms with E-state index in [0.29, 0.717) is 59.9 Å². The van der Waals surface area contributed by atoms with Gasteiger partial charge in [-0.25, -0.2) is 36.5 Å². The lowest BCUT2D eigenvalue weighted by Gasteiger charge is -2.35. The Bertz CT molecular complexity index is 2610. The van der Waals surface area contributed by atoms with Crippen molar-refractivity contribution in [1.29, 1.82) is 0 Å². The third-order valence-corrected chi connectivity index (χ3v) is 12.7. The molecule has 0 bridgehead atoms. The molecule has 1 aliphatic heterocycles. The number of hydrogen-bond acceptors (Lipinski definition) is 13. The molecule has 3 amide bonds. The van der Waals surface area contributed by atoms with Gasteiger partial charge in [0.2, 0.25) is 11.8 Å². The van der Waals surface area contributed by atoms with Crippen molar-refractivity contribution < 1.29 is 73.2 Å².